The Morgan fingerprint density at radius 3 is 2.14 bits per heavy atom. The molecule has 0 spiro atoms. The van der Waals surface area contributed by atoms with Crippen LogP contribution in [0.15, 0.2) is 53.8 Å². The Kier molecular flexibility index (Phi) is 12.1. The molecule has 8 N–H and O–H groups in total. The molecule has 0 saturated carbocycles. The van der Waals surface area contributed by atoms with Gasteiger partial charge in [-0.05, 0) is 35.8 Å². The van der Waals surface area contributed by atoms with E-state index in [9.17, 15) is 50.4 Å². The van der Waals surface area contributed by atoms with Crippen molar-refractivity contribution in [2.75, 3.05) is 26.9 Å². The van der Waals surface area contributed by atoms with Crippen LogP contribution in [0.5, 0.6) is 5.75 Å². The van der Waals surface area contributed by atoms with Crippen LogP contribution in [0.3, 0.4) is 0 Å². The molecule has 3 heterocycles. The van der Waals surface area contributed by atoms with Gasteiger partial charge in [0.05, 0.1) is 38.1 Å². The lowest BCUT2D eigenvalue weighted by Crippen LogP contribution is -2.62. The maximum Gasteiger partial charge on any atom is 0.337 e. The number of aliphatic hydroxyl groups is 7. The van der Waals surface area contributed by atoms with Crippen molar-refractivity contribution in [2.45, 2.75) is 74.1 Å². The molecular weight excluding hydrogens is 656 g/mol. The zero-order chi connectivity index (χ0) is 35.4. The van der Waals surface area contributed by atoms with Gasteiger partial charge in [-0.2, -0.15) is 0 Å². The lowest BCUT2D eigenvalue weighted by molar-refractivity contribution is -0.352. The molecule has 0 unspecified atom stereocenters. The number of phenolic OH excluding ortho intramolecular Hbond substituents is 1. The van der Waals surface area contributed by atoms with E-state index in [0.29, 0.717) is 17.6 Å². The van der Waals surface area contributed by atoms with E-state index in [1.165, 1.54) is 25.3 Å². The molecule has 17 nitrogen and oxygen atoms in total. The van der Waals surface area contributed by atoms with Crippen molar-refractivity contribution in [3.63, 3.8) is 0 Å². The molecule has 0 bridgehead atoms. The normalized spacial score (nSPS) is 37.5. The highest BCUT2D eigenvalue weighted by Crippen LogP contribution is 2.44. The van der Waals surface area contributed by atoms with E-state index < -0.39 is 105 Å². The number of rotatable bonds is 11. The monoisotopic (exact) mass is 696 g/mol. The largest absolute Gasteiger partial charge is 0.508 e. The molecule has 0 amide bonds. The topological polar surface area (TPSA) is 261 Å². The van der Waals surface area contributed by atoms with Gasteiger partial charge in [-0.3, -0.25) is 0 Å². The van der Waals surface area contributed by atoms with Gasteiger partial charge in [0.2, 0.25) is 6.29 Å². The van der Waals surface area contributed by atoms with Crippen LogP contribution in [0, 0.1) is 11.8 Å². The second-order valence-electron chi connectivity index (χ2n) is 11.9. The first kappa shape index (κ1) is 36.8. The van der Waals surface area contributed by atoms with Crippen LogP contribution in [-0.2, 0) is 42.7 Å². The van der Waals surface area contributed by atoms with Gasteiger partial charge in [0, 0.05) is 12.0 Å². The maximum absolute atomic E-state index is 12.3. The Labute approximate surface area is 279 Å². The molecule has 0 aromatic heterocycles. The molecule has 270 valence electrons. The van der Waals surface area contributed by atoms with E-state index in [-0.39, 0.29) is 17.9 Å². The molecule has 0 radical (unpaired) electrons. The maximum atomic E-state index is 12.3. The molecule has 4 aliphatic rings. The second-order valence-corrected chi connectivity index (χ2v) is 11.9. The average Bonchev–Trinajstić information content (AvgIpc) is 3.55. The van der Waals surface area contributed by atoms with Crippen LogP contribution in [0.25, 0.3) is 6.08 Å². The number of phenols is 1. The summed E-state index contributed by atoms with van der Waals surface area (Å²) in [6, 6.07) is 5.98. The Bertz CT molecular complexity index is 1390. The molecule has 49 heavy (non-hydrogen) atoms. The van der Waals surface area contributed by atoms with Gasteiger partial charge < -0.3 is 74.0 Å². The zero-order valence-corrected chi connectivity index (χ0v) is 26.2. The summed E-state index contributed by atoms with van der Waals surface area (Å²) in [6.07, 6.45) is -12.0. The lowest BCUT2D eigenvalue weighted by Gasteiger charge is -2.44. The summed E-state index contributed by atoms with van der Waals surface area (Å²) in [6.45, 7) is -1.51. The van der Waals surface area contributed by atoms with Crippen LogP contribution < -0.4 is 0 Å². The number of aromatic hydroxyl groups is 1. The summed E-state index contributed by atoms with van der Waals surface area (Å²) in [5.41, 5.74) is 1.32. The molecule has 1 aromatic rings. The Morgan fingerprint density at radius 1 is 0.857 bits per heavy atom. The first-order valence-corrected chi connectivity index (χ1v) is 15.5. The van der Waals surface area contributed by atoms with Gasteiger partial charge in [-0.15, -0.1) is 0 Å². The Morgan fingerprint density at radius 2 is 1.49 bits per heavy atom. The first-order chi connectivity index (χ1) is 23.4. The third-order valence-corrected chi connectivity index (χ3v) is 8.85. The summed E-state index contributed by atoms with van der Waals surface area (Å²) in [5.74, 6) is -2.54. The van der Waals surface area contributed by atoms with Crippen LogP contribution in [0.4, 0.5) is 0 Å². The fraction of sp³-hybridized carbons (Fsp3) is 0.562. The highest BCUT2D eigenvalue weighted by molar-refractivity contribution is 5.89. The number of allylic oxidation sites excluding steroid dienone is 1. The van der Waals surface area contributed by atoms with Crippen LogP contribution in [-0.4, -0.2) is 147 Å². The van der Waals surface area contributed by atoms with E-state index in [1.54, 1.807) is 18.2 Å². The van der Waals surface area contributed by atoms with Crippen molar-refractivity contribution >= 4 is 18.0 Å². The number of ether oxygens (including phenoxy) is 7. The molecule has 1 aromatic carbocycles. The summed E-state index contributed by atoms with van der Waals surface area (Å²) >= 11 is 0. The highest BCUT2D eigenvalue weighted by atomic mass is 16.8. The molecule has 17 heteroatoms. The zero-order valence-electron chi connectivity index (χ0n) is 26.2. The molecule has 3 aliphatic heterocycles. The van der Waals surface area contributed by atoms with E-state index in [1.807, 2.05) is 0 Å². The van der Waals surface area contributed by atoms with Crippen molar-refractivity contribution in [3.05, 3.63) is 59.4 Å². The number of methoxy groups -OCH3 is 1. The minimum Gasteiger partial charge on any atom is -0.508 e. The third-order valence-electron chi connectivity index (χ3n) is 8.85. The molecule has 2 saturated heterocycles. The van der Waals surface area contributed by atoms with E-state index >= 15 is 0 Å². The molecule has 1 aliphatic carbocycles. The van der Waals surface area contributed by atoms with Crippen LogP contribution >= 0.6 is 0 Å². The minimum atomic E-state index is -1.81. The van der Waals surface area contributed by atoms with E-state index in [2.05, 4.69) is 0 Å². The predicted molar refractivity (Wildman–Crippen MR) is 160 cm³/mol. The summed E-state index contributed by atoms with van der Waals surface area (Å²) in [5, 5.41) is 82.6. The number of carbonyl (C=O) groups is 2. The lowest BCUT2D eigenvalue weighted by atomic mass is 9.83. The van der Waals surface area contributed by atoms with Gasteiger partial charge in [0.1, 0.15) is 61.2 Å². The smallest absolute Gasteiger partial charge is 0.337 e. The van der Waals surface area contributed by atoms with Crippen molar-refractivity contribution in [1.29, 1.82) is 0 Å². The van der Waals surface area contributed by atoms with Crippen molar-refractivity contribution in [2.24, 2.45) is 11.8 Å². The van der Waals surface area contributed by atoms with Crippen molar-refractivity contribution < 1.29 is 83.6 Å². The summed E-state index contributed by atoms with van der Waals surface area (Å²) < 4.78 is 38.3. The number of aliphatic hydroxyl groups excluding tert-OH is 7. The number of fused-ring (bicyclic) bond motifs is 1. The fourth-order valence-electron chi connectivity index (χ4n) is 6.06. The summed E-state index contributed by atoms with van der Waals surface area (Å²) in [7, 11) is 1.22. The average molecular weight is 697 g/mol. The van der Waals surface area contributed by atoms with Crippen LogP contribution in [0.2, 0.25) is 0 Å². The number of benzene rings is 1. The minimum absolute atomic E-state index is 0.0487. The molecule has 5 rings (SSSR count). The number of hydrogen-bond donors (Lipinski definition) is 8. The summed E-state index contributed by atoms with van der Waals surface area (Å²) in [4.78, 5) is 24.5. The van der Waals surface area contributed by atoms with Gasteiger partial charge in [0.25, 0.3) is 0 Å². The molecule has 2 fully saturated rings. The van der Waals surface area contributed by atoms with E-state index in [4.69, 9.17) is 33.2 Å². The van der Waals surface area contributed by atoms with Gasteiger partial charge in [-0.1, -0.05) is 18.2 Å². The van der Waals surface area contributed by atoms with Crippen LogP contribution in [0.1, 0.15) is 12.0 Å². The SMILES string of the molecule is COC(=O)C1=CO[C@H](O[C@@H]2O[C@H](CO[C@@H]3O[C@H](COC(=O)/C=C\c4ccc(O)cc4)[C@@H](O)[C@H](O)[C@H]3O)[C@@H](O)[C@H](O)[C@H]2O)[C@@H]2C(CO)=CC[C@H]12. The van der Waals surface area contributed by atoms with Gasteiger partial charge in [0.15, 0.2) is 12.6 Å². The Hall–Kier alpha value is -3.46. The van der Waals surface area contributed by atoms with Crippen molar-refractivity contribution in [3.8, 4) is 5.75 Å². The quantitative estimate of drug-likeness (QED) is 0.0679. The number of carbonyl (C=O) groups excluding carboxylic acids is 2. The molecule has 13 atom stereocenters. The number of hydrogen-bond acceptors (Lipinski definition) is 17. The third kappa shape index (κ3) is 8.13. The predicted octanol–water partition coefficient (Wildman–Crippen LogP) is -2.43. The van der Waals surface area contributed by atoms with E-state index in [0.717, 1.165) is 12.3 Å². The van der Waals surface area contributed by atoms with Gasteiger partial charge >= 0.3 is 11.9 Å². The second kappa shape index (κ2) is 16.0. The first-order valence-electron chi connectivity index (χ1n) is 15.5. The van der Waals surface area contributed by atoms with Gasteiger partial charge in [-0.25, -0.2) is 9.59 Å². The van der Waals surface area contributed by atoms with Crippen molar-refractivity contribution in [1.82, 2.24) is 0 Å². The fourth-order valence-corrected chi connectivity index (χ4v) is 6.06. The number of esters is 2. The standard InChI is InChI=1S/C32H40O17/c1-43-29(42)18-11-45-30(22-15(10-33)5-8-17(18)22)49-32-28(41)26(39)24(37)20(48-32)13-46-31-27(40)25(38)23(36)19(47-31)12-44-21(35)9-4-14-2-6-16(34)7-3-14/h2-7,9,11,17,19-20,22-28,30-34,36-41H,8,10,12-13H2,1H3/b9-4-/t17-,19-,20-,22-,23-,24-,25+,26+,27-,28-,30-,31-,32+/m1/s1. The molecular formula is C32H40O17. The Balaban J connectivity index is 1.19. The highest BCUT2D eigenvalue weighted by Gasteiger charge is 2.51.